The molecule has 1 N–H and O–H groups in total. The van der Waals surface area contributed by atoms with Crippen LogP contribution in [0.4, 0.5) is 10.5 Å². The van der Waals surface area contributed by atoms with Gasteiger partial charge in [-0.3, -0.25) is 24.6 Å². The number of nitrogens with zero attached hydrogens (tertiary/aromatic N) is 2. The number of imide groups is 1. The fraction of sp³-hybridized carbons (Fsp3) is 0.154. The number of rotatable bonds is 5. The largest absolute Gasteiger partial charge is 0.412 e. The molecule has 0 aromatic heterocycles. The Balaban J connectivity index is 1.77. The number of nitro benzene ring substituents is 1. The van der Waals surface area contributed by atoms with E-state index in [9.17, 15) is 24.5 Å². The minimum absolute atomic E-state index is 0.0278. The van der Waals surface area contributed by atoms with Gasteiger partial charge in [-0.15, -0.1) is 0 Å². The summed E-state index contributed by atoms with van der Waals surface area (Å²) in [4.78, 5) is 44.9. The SMILES string of the molecule is O=C(NCCN1C(=O)C=CC1=O)Oc1ccc([N+](=O)[O-])cc1. The van der Waals surface area contributed by atoms with Crippen LogP contribution in [0.15, 0.2) is 36.4 Å². The summed E-state index contributed by atoms with van der Waals surface area (Å²) >= 11 is 0. The predicted octanol–water partition coefficient (Wildman–Crippen LogP) is 0.608. The molecule has 3 amide bonds. The summed E-state index contributed by atoms with van der Waals surface area (Å²) in [5, 5.41) is 12.8. The van der Waals surface area contributed by atoms with E-state index in [0.717, 1.165) is 17.1 Å². The molecule has 9 heteroatoms. The Labute approximate surface area is 124 Å². The third kappa shape index (κ3) is 3.66. The van der Waals surface area contributed by atoms with Crippen LogP contribution in [0, 0.1) is 10.1 Å². The van der Waals surface area contributed by atoms with Crippen molar-refractivity contribution in [2.45, 2.75) is 0 Å². The Morgan fingerprint density at radius 3 is 2.32 bits per heavy atom. The van der Waals surface area contributed by atoms with E-state index in [1.165, 1.54) is 24.3 Å². The molecule has 1 aromatic rings. The van der Waals surface area contributed by atoms with Crippen molar-refractivity contribution in [3.63, 3.8) is 0 Å². The van der Waals surface area contributed by atoms with Gasteiger partial charge in [-0.05, 0) is 12.1 Å². The quantitative estimate of drug-likeness (QED) is 0.483. The molecule has 0 radical (unpaired) electrons. The zero-order chi connectivity index (χ0) is 16.1. The molecule has 1 aromatic carbocycles. The van der Waals surface area contributed by atoms with Gasteiger partial charge in [-0.1, -0.05) is 0 Å². The summed E-state index contributed by atoms with van der Waals surface area (Å²) in [5.74, 6) is -0.732. The number of hydrogen-bond acceptors (Lipinski definition) is 6. The van der Waals surface area contributed by atoms with Gasteiger partial charge >= 0.3 is 6.09 Å². The third-order valence-corrected chi connectivity index (χ3v) is 2.76. The highest BCUT2D eigenvalue weighted by Crippen LogP contribution is 2.17. The molecule has 0 saturated heterocycles. The molecular weight excluding hydrogens is 294 g/mol. The minimum Gasteiger partial charge on any atom is -0.410 e. The number of nitrogens with one attached hydrogen (secondary N) is 1. The van der Waals surface area contributed by atoms with Crippen LogP contribution in [0.25, 0.3) is 0 Å². The van der Waals surface area contributed by atoms with Crippen LogP contribution in [-0.4, -0.2) is 40.8 Å². The first kappa shape index (κ1) is 15.2. The number of benzene rings is 1. The van der Waals surface area contributed by atoms with Crippen molar-refractivity contribution in [2.75, 3.05) is 13.1 Å². The van der Waals surface area contributed by atoms with Crippen LogP contribution in [0.1, 0.15) is 0 Å². The summed E-state index contributed by atoms with van der Waals surface area (Å²) < 4.78 is 4.89. The Bertz CT molecular complexity index is 634. The third-order valence-electron chi connectivity index (χ3n) is 2.76. The van der Waals surface area contributed by atoms with Crippen molar-refractivity contribution in [2.24, 2.45) is 0 Å². The fourth-order valence-corrected chi connectivity index (χ4v) is 1.70. The number of carbonyl (C=O) groups excluding carboxylic acids is 3. The van der Waals surface area contributed by atoms with Crippen LogP contribution in [0.5, 0.6) is 5.75 Å². The molecule has 0 saturated carbocycles. The summed E-state index contributed by atoms with van der Waals surface area (Å²) in [5.41, 5.74) is -0.119. The lowest BCUT2D eigenvalue weighted by Crippen LogP contribution is -2.39. The monoisotopic (exact) mass is 305 g/mol. The first-order valence-corrected chi connectivity index (χ1v) is 6.21. The average molecular weight is 305 g/mol. The first-order valence-electron chi connectivity index (χ1n) is 6.21. The first-order chi connectivity index (χ1) is 10.5. The number of hydrogen-bond donors (Lipinski definition) is 1. The van der Waals surface area contributed by atoms with Crippen molar-refractivity contribution in [1.82, 2.24) is 10.2 Å². The Morgan fingerprint density at radius 2 is 1.77 bits per heavy atom. The van der Waals surface area contributed by atoms with E-state index in [0.29, 0.717) is 0 Å². The highest BCUT2D eigenvalue weighted by Gasteiger charge is 2.22. The van der Waals surface area contributed by atoms with Crippen molar-refractivity contribution in [3.05, 3.63) is 46.5 Å². The molecular formula is C13H11N3O6. The molecule has 1 heterocycles. The molecule has 114 valence electrons. The zero-order valence-corrected chi connectivity index (χ0v) is 11.2. The van der Waals surface area contributed by atoms with E-state index in [1.54, 1.807) is 0 Å². The van der Waals surface area contributed by atoms with E-state index in [-0.39, 0.29) is 24.5 Å². The highest BCUT2D eigenvalue weighted by atomic mass is 16.6. The van der Waals surface area contributed by atoms with Crippen LogP contribution >= 0.6 is 0 Å². The minimum atomic E-state index is -0.791. The molecule has 1 aliphatic heterocycles. The lowest BCUT2D eigenvalue weighted by Gasteiger charge is -2.13. The Hall–Kier alpha value is -3.23. The van der Waals surface area contributed by atoms with E-state index in [4.69, 9.17) is 4.74 Å². The maximum absolute atomic E-state index is 11.5. The van der Waals surface area contributed by atoms with Gasteiger partial charge in [-0.25, -0.2) is 4.79 Å². The maximum atomic E-state index is 11.5. The molecule has 0 aliphatic carbocycles. The van der Waals surface area contributed by atoms with Crippen molar-refractivity contribution >= 4 is 23.6 Å². The van der Waals surface area contributed by atoms with Crippen LogP contribution in [0.2, 0.25) is 0 Å². The number of nitro groups is 1. The molecule has 0 bridgehead atoms. The Kier molecular flexibility index (Phi) is 4.47. The molecule has 9 nitrogen and oxygen atoms in total. The van der Waals surface area contributed by atoms with Gasteiger partial charge in [0.2, 0.25) is 0 Å². The van der Waals surface area contributed by atoms with Gasteiger partial charge in [0.25, 0.3) is 17.5 Å². The standard InChI is InChI=1S/C13H11N3O6/c17-11-5-6-12(18)15(11)8-7-14-13(19)22-10-3-1-9(2-4-10)16(20)21/h1-6H,7-8H2,(H,14,19). The number of non-ortho nitro benzene ring substituents is 1. The average Bonchev–Trinajstić information content (AvgIpc) is 2.79. The second-order valence-corrected chi connectivity index (χ2v) is 4.23. The zero-order valence-electron chi connectivity index (χ0n) is 11.2. The molecule has 1 aliphatic rings. The van der Waals surface area contributed by atoms with Gasteiger partial charge in [0.05, 0.1) is 4.92 Å². The van der Waals surface area contributed by atoms with Crippen LogP contribution < -0.4 is 10.1 Å². The molecule has 22 heavy (non-hydrogen) atoms. The smallest absolute Gasteiger partial charge is 0.410 e. The van der Waals surface area contributed by atoms with Crippen molar-refractivity contribution < 1.29 is 24.0 Å². The number of ether oxygens (including phenoxy) is 1. The van der Waals surface area contributed by atoms with Crippen molar-refractivity contribution in [1.29, 1.82) is 0 Å². The molecule has 0 spiro atoms. The summed E-state index contributed by atoms with van der Waals surface area (Å²) in [6, 6.07) is 4.98. The molecule has 0 atom stereocenters. The maximum Gasteiger partial charge on any atom is 0.412 e. The van der Waals surface area contributed by atoms with Gasteiger partial charge in [-0.2, -0.15) is 0 Å². The van der Waals surface area contributed by atoms with Crippen molar-refractivity contribution in [3.8, 4) is 5.75 Å². The summed E-state index contributed by atoms with van der Waals surface area (Å²) in [6.45, 7) is 0.0605. The molecule has 0 fully saturated rings. The van der Waals surface area contributed by atoms with Gasteiger partial charge in [0.1, 0.15) is 5.75 Å². The lowest BCUT2D eigenvalue weighted by atomic mass is 10.3. The van der Waals surface area contributed by atoms with Gasteiger partial charge in [0.15, 0.2) is 0 Å². The topological polar surface area (TPSA) is 119 Å². The summed E-state index contributed by atoms with van der Waals surface area (Å²) in [7, 11) is 0. The lowest BCUT2D eigenvalue weighted by molar-refractivity contribution is -0.384. The second kappa shape index (κ2) is 6.48. The van der Waals surface area contributed by atoms with Crippen LogP contribution in [0.3, 0.4) is 0 Å². The molecule has 2 rings (SSSR count). The van der Waals surface area contributed by atoms with Gasteiger partial charge < -0.3 is 10.1 Å². The normalized spacial score (nSPS) is 13.4. The Morgan fingerprint density at radius 1 is 1.18 bits per heavy atom. The van der Waals surface area contributed by atoms with Gasteiger partial charge in [0, 0.05) is 37.4 Å². The van der Waals surface area contributed by atoms with E-state index in [1.807, 2.05) is 0 Å². The van der Waals surface area contributed by atoms with E-state index >= 15 is 0 Å². The number of amides is 3. The number of carbonyl (C=O) groups is 3. The van der Waals surface area contributed by atoms with Crippen LogP contribution in [-0.2, 0) is 9.59 Å². The summed E-state index contributed by atoms with van der Waals surface area (Å²) in [6.07, 6.45) is 1.51. The van der Waals surface area contributed by atoms with E-state index in [2.05, 4.69) is 5.32 Å². The van der Waals surface area contributed by atoms with E-state index < -0.39 is 22.8 Å². The second-order valence-electron chi connectivity index (χ2n) is 4.23. The molecule has 0 unspecified atom stereocenters. The fourth-order valence-electron chi connectivity index (χ4n) is 1.70. The highest BCUT2D eigenvalue weighted by molar-refractivity contribution is 6.12. The predicted molar refractivity (Wildman–Crippen MR) is 73.0 cm³/mol.